The highest BCUT2D eigenvalue weighted by Gasteiger charge is 2.43. The molecule has 0 saturated carbocycles. The maximum atomic E-state index is 16.1. The summed E-state index contributed by atoms with van der Waals surface area (Å²) in [5.41, 5.74) is 45.6. The summed E-state index contributed by atoms with van der Waals surface area (Å²) in [7, 11) is 1.40. The van der Waals surface area contributed by atoms with E-state index < -0.39 is 253 Å². The molecule has 0 unspecified atom stereocenters. The number of nitrogens with one attached hydrogen (secondary N) is 24. The van der Waals surface area contributed by atoms with Crippen LogP contribution in [-0.4, -0.2) is 306 Å². The van der Waals surface area contributed by atoms with Crippen LogP contribution in [0, 0.1) is 21.6 Å². The number of amides is 20. The van der Waals surface area contributed by atoms with E-state index >= 15 is 57.5 Å². The van der Waals surface area contributed by atoms with Crippen molar-refractivity contribution < 1.29 is 102 Å². The molecule has 54 nitrogen and oxygen atoms in total. The zero-order valence-electron chi connectivity index (χ0n) is 82.2. The van der Waals surface area contributed by atoms with Crippen molar-refractivity contribution in [2.45, 2.75) is 233 Å². The third-order valence-electron chi connectivity index (χ3n) is 23.4. The number of unbranched alkanes of at least 4 members (excludes halogenated alkanes) is 1. The molecule has 4 aromatic carbocycles. The van der Waals surface area contributed by atoms with Gasteiger partial charge in [0.05, 0.1) is 0 Å². The largest absolute Gasteiger partial charge is 0.508 e. The highest BCUT2D eigenvalue weighted by molar-refractivity contribution is 8.76. The molecule has 0 bridgehead atoms. The zero-order valence-corrected chi connectivity index (χ0v) is 83.8. The van der Waals surface area contributed by atoms with Crippen LogP contribution in [0.3, 0.4) is 0 Å². The number of hydrogen-bond acceptors (Lipinski definition) is 27. The minimum atomic E-state index is -1.96. The van der Waals surface area contributed by atoms with E-state index in [9.17, 15) is 44.1 Å². The van der Waals surface area contributed by atoms with Gasteiger partial charge in [-0.25, -0.2) is 19.2 Å². The summed E-state index contributed by atoms with van der Waals surface area (Å²) in [5, 5.41) is 116. The number of carboxylic acid groups (broad SMARTS) is 1. The number of nitrogens with zero attached hydrogens (tertiary/aromatic N) is 1. The second-order valence-electron chi connectivity index (χ2n) is 35.2. The number of phenols is 2. The molecular weight excluding hydrogens is 1970 g/mol. The lowest BCUT2D eigenvalue weighted by atomic mass is 10.00. The van der Waals surface area contributed by atoms with Crippen LogP contribution in [0.25, 0.3) is 10.8 Å². The third-order valence-corrected chi connectivity index (χ3v) is 25.9. The van der Waals surface area contributed by atoms with E-state index in [2.05, 4.69) is 106 Å². The molecule has 20 amide bonds. The Kier molecular flexibility index (Phi) is 52.5. The van der Waals surface area contributed by atoms with Gasteiger partial charge in [-0.3, -0.25) is 88.8 Å². The Morgan fingerprint density at radius 1 is 0.405 bits per heavy atom. The molecule has 0 aromatic heterocycles. The molecule has 2 aliphatic rings. The van der Waals surface area contributed by atoms with E-state index in [1.807, 2.05) is 0 Å². The number of aliphatic carboxylic acids is 1. The smallest absolute Gasteiger partial charge is 0.326 e. The van der Waals surface area contributed by atoms with Crippen molar-refractivity contribution >= 4 is 163 Å². The minimum Gasteiger partial charge on any atom is -0.508 e. The molecule has 2 fully saturated rings. The van der Waals surface area contributed by atoms with Crippen LogP contribution in [0.15, 0.2) is 91.0 Å². The topological polar surface area (TPSA) is 915 Å². The molecule has 0 spiro atoms. The van der Waals surface area contributed by atoms with Gasteiger partial charge in [0.25, 0.3) is 0 Å². The van der Waals surface area contributed by atoms with Gasteiger partial charge in [-0.1, -0.05) is 88.3 Å². The van der Waals surface area contributed by atoms with E-state index in [-0.39, 0.29) is 191 Å². The van der Waals surface area contributed by atoms with Gasteiger partial charge >= 0.3 is 24.1 Å². The number of nitrogens with two attached hydrogens (primary N) is 8. The number of rotatable bonds is 48. The quantitative estimate of drug-likeness (QED) is 0.00846. The summed E-state index contributed by atoms with van der Waals surface area (Å²) in [6, 6.07) is -3.85. The van der Waals surface area contributed by atoms with Crippen LogP contribution in [-0.2, 0) is 91.2 Å². The SMILES string of the molecule is CC(=O)N[C@@H](CCCNC(=N)N)C(=O)N[C@@H](CCCNC(=N)N)C(=O)N[C@@H](Cc1ccc2ccccc2c1)C(=O)N[C@H]1CSSC[C@@H](C(=O)N[C@@H](CCCNC(=N)N)C(=O)O)NC(=O)[C@H](CCCNC(N)=O)NC(=O)[C@H](CCCNC(N)=O)NC(=O)[C@H](Cc2ccc(O)cc2)NC(=O)[C@@H]2CCCN2C(=O)[C@@H](CCCNC(N)=O)NC(=O)[C@H](CCCCN)NC(=O)[C@H](CCCNC(=N)N)NC(=O)[C@H](Cc2ccc(O)cc2)NC1=O. The van der Waals surface area contributed by atoms with Gasteiger partial charge in [-0.15, -0.1) is 0 Å². The number of aromatic hydroxyl groups is 2. The van der Waals surface area contributed by atoms with Crippen molar-refractivity contribution in [3.8, 4) is 11.5 Å². The molecule has 2 heterocycles. The Bertz CT molecular complexity index is 5230. The number of guanidine groups is 4. The number of phenolic OH excluding ortho intramolecular Hbond substituents is 2. The summed E-state index contributed by atoms with van der Waals surface area (Å²) in [4.78, 5) is 264. The zero-order chi connectivity index (χ0) is 109. The number of benzene rings is 4. The first-order valence-electron chi connectivity index (χ1n) is 48.3. The molecular formula is C92H141N33O21S2. The van der Waals surface area contributed by atoms with Crippen LogP contribution >= 0.6 is 21.6 Å². The van der Waals surface area contributed by atoms with Gasteiger partial charge in [-0.05, 0) is 180 Å². The summed E-state index contributed by atoms with van der Waals surface area (Å²) in [6.07, 6.45) is -3.42. The first-order valence-corrected chi connectivity index (χ1v) is 50.8. The van der Waals surface area contributed by atoms with E-state index in [0.717, 1.165) is 17.2 Å². The fraction of sp³-hybridized carbons (Fsp3) is 0.522. The standard InChI is InChI=1S/C92H141N33O21S2/c1-50(126)112-58(17-6-36-105-86(94)95)72(129)114-62(19-8-38-107-88(98)99)76(133)120-68(47-53-25-30-54-14-2-3-15-55(54)44-53)80(137)124-70-49-148-147-48-69(81(138)119-65(85(142)143)23-12-39-108-89(100)101)123-77(134)63(21-10-41-110-91(103)145)115-74(131)61(20-9-40-109-90(102)144)117-79(136)67(46-52-28-33-57(128)34-29-52)122-83(140)71-24-13-43-125(71)84(141)64(22-11-42-111-92(104)146)118-75(132)59(16-4-5-35-93)113-73(130)60(18-7-37-106-87(96)97)116-78(135)66(121-82(70)139)45-51-26-31-56(127)32-27-51/h2-3,14-15,25-34,44,58-71,127-128H,4-13,16-24,35-43,45-49,93H2,1H3,(H,112,126)(H,113,130)(H,114,129)(H,115,131)(H,116,135)(H,117,136)(H,118,132)(H,119,138)(H,120,133)(H,121,139)(H,122,140)(H,123,134)(H,124,137)(H,142,143)(H4,94,95,105)(H4,96,97,106)(H4,98,99,107)(H4,100,101,108)(H3,102,109,144)(H3,103,110,145)(H3,104,111,146)/t58-,59-,60-,61-,62-,63-,64+,65-,66-,67-,68-,69-,70-,71-/m0/s1. The van der Waals surface area contributed by atoms with E-state index in [4.69, 9.17) is 67.5 Å². The number of carbonyl (C=O) groups is 18. The van der Waals surface area contributed by atoms with Crippen LogP contribution in [0.5, 0.6) is 11.5 Å². The third kappa shape index (κ3) is 45.3. The van der Waals surface area contributed by atoms with Crippen LogP contribution in [0.4, 0.5) is 14.4 Å². The monoisotopic (exact) mass is 2110 g/mol. The molecule has 4 aromatic rings. The second kappa shape index (κ2) is 64.3. The molecule has 14 atom stereocenters. The fourth-order valence-corrected chi connectivity index (χ4v) is 18.2. The average molecular weight is 2110 g/mol. The first kappa shape index (κ1) is 121. The lowest BCUT2D eigenvalue weighted by Crippen LogP contribution is -2.61. The molecule has 6 rings (SSSR count). The predicted octanol–water partition coefficient (Wildman–Crippen LogP) is -6.40. The Morgan fingerprint density at radius 2 is 0.784 bits per heavy atom. The van der Waals surface area contributed by atoms with Crippen LogP contribution < -0.4 is 152 Å². The molecule has 2 saturated heterocycles. The molecule has 148 heavy (non-hydrogen) atoms. The van der Waals surface area contributed by atoms with Crippen molar-refractivity contribution in [3.63, 3.8) is 0 Å². The van der Waals surface area contributed by atoms with Crippen molar-refractivity contribution in [2.75, 3.05) is 70.4 Å². The Balaban J connectivity index is 1.64. The predicted molar refractivity (Wildman–Crippen MR) is 549 cm³/mol. The number of carbonyl (C=O) groups excluding carboxylic acids is 17. The second-order valence-corrected chi connectivity index (χ2v) is 37.8. The normalized spacial score (nSPS) is 19.8. The molecule has 0 radical (unpaired) electrons. The number of hydrogen-bond donors (Lipinski definition) is 35. The van der Waals surface area contributed by atoms with Crippen molar-refractivity contribution in [2.24, 2.45) is 45.9 Å². The Hall–Kier alpha value is -15.7. The maximum absolute atomic E-state index is 16.1. The Morgan fingerprint density at radius 3 is 1.23 bits per heavy atom. The van der Waals surface area contributed by atoms with Gasteiger partial charge in [0.1, 0.15) is 96.1 Å². The fourth-order valence-electron chi connectivity index (χ4n) is 15.9. The number of fused-ring (bicyclic) bond motifs is 2. The van der Waals surface area contributed by atoms with Gasteiger partial charge in [0.15, 0.2) is 23.8 Å². The lowest BCUT2D eigenvalue weighted by Gasteiger charge is -2.31. The summed E-state index contributed by atoms with van der Waals surface area (Å²) >= 11 is 0. The molecule has 0 aliphatic carbocycles. The van der Waals surface area contributed by atoms with Gasteiger partial charge < -0.3 is 172 Å². The molecule has 812 valence electrons. The minimum absolute atomic E-state index is 0.0124. The maximum Gasteiger partial charge on any atom is 0.326 e. The first-order chi connectivity index (χ1) is 70.5. The summed E-state index contributed by atoms with van der Waals surface area (Å²) in [6.45, 7) is 0.302. The number of carboxylic acids is 1. The number of primary amides is 3. The number of urea groups is 3. The van der Waals surface area contributed by atoms with Crippen molar-refractivity contribution in [1.82, 2.24) is 111 Å². The van der Waals surface area contributed by atoms with Crippen LogP contribution in [0.2, 0.25) is 0 Å². The van der Waals surface area contributed by atoms with Gasteiger partial charge in [0, 0.05) is 90.0 Å². The van der Waals surface area contributed by atoms with E-state index in [1.54, 1.807) is 42.5 Å². The molecule has 43 N–H and O–H groups in total. The molecule has 2 aliphatic heterocycles. The molecule has 56 heteroatoms. The van der Waals surface area contributed by atoms with E-state index in [1.165, 1.54) is 48.5 Å². The van der Waals surface area contributed by atoms with Crippen molar-refractivity contribution in [1.29, 1.82) is 21.6 Å². The summed E-state index contributed by atoms with van der Waals surface area (Å²) in [5.74, 6) is -19.7. The lowest BCUT2D eigenvalue weighted by molar-refractivity contribution is -0.142. The highest BCUT2D eigenvalue weighted by Crippen LogP contribution is 2.27. The van der Waals surface area contributed by atoms with Gasteiger partial charge in [-0.2, -0.15) is 0 Å². The van der Waals surface area contributed by atoms with Crippen molar-refractivity contribution in [3.05, 3.63) is 108 Å². The van der Waals surface area contributed by atoms with E-state index in [0.29, 0.717) is 38.1 Å². The summed E-state index contributed by atoms with van der Waals surface area (Å²) < 4.78 is 0. The highest BCUT2D eigenvalue weighted by atomic mass is 33.1. The Labute approximate surface area is 861 Å². The van der Waals surface area contributed by atoms with Crippen LogP contribution in [0.1, 0.15) is 146 Å². The average Bonchev–Trinajstić information content (AvgIpc) is 1.62. The van der Waals surface area contributed by atoms with Gasteiger partial charge in [0.2, 0.25) is 82.7 Å².